The average Bonchev–Trinajstić information content (AvgIpc) is 2.93. The number of nitrogens with zero attached hydrogens (tertiary/aromatic N) is 5. The summed E-state index contributed by atoms with van der Waals surface area (Å²) in [6.45, 7) is 14.3. The van der Waals surface area contributed by atoms with Gasteiger partial charge >= 0.3 is 0 Å². The van der Waals surface area contributed by atoms with Crippen molar-refractivity contribution in [3.8, 4) is 5.69 Å². The lowest BCUT2D eigenvalue weighted by Crippen LogP contribution is -2.42. The number of benzene rings is 1. The Labute approximate surface area is 204 Å². The molecule has 1 aliphatic rings. The first kappa shape index (κ1) is 25.6. The van der Waals surface area contributed by atoms with E-state index in [1.54, 1.807) is 0 Å². The maximum Gasteiger partial charge on any atom is 0.191 e. The largest absolute Gasteiger partial charge is 0.357 e. The second-order valence-corrected chi connectivity index (χ2v) is 8.09. The number of rotatable bonds is 7. The van der Waals surface area contributed by atoms with Crippen molar-refractivity contribution in [2.24, 2.45) is 4.99 Å². The summed E-state index contributed by atoms with van der Waals surface area (Å²) in [6.07, 6.45) is 1.24. The summed E-state index contributed by atoms with van der Waals surface area (Å²) in [5.41, 5.74) is 4.42. The zero-order valence-corrected chi connectivity index (χ0v) is 21.7. The van der Waals surface area contributed by atoms with Gasteiger partial charge in [0.05, 0.1) is 17.9 Å². The highest BCUT2D eigenvalue weighted by Gasteiger charge is 2.12. The number of aryl methyl sites for hydroxylation is 2. The Morgan fingerprint density at radius 3 is 2.65 bits per heavy atom. The molecule has 0 unspecified atom stereocenters. The summed E-state index contributed by atoms with van der Waals surface area (Å²) >= 11 is 0. The summed E-state index contributed by atoms with van der Waals surface area (Å²) in [5, 5.41) is 11.5. The fraction of sp³-hybridized carbons (Fsp3) is 0.565. The van der Waals surface area contributed by atoms with Crippen LogP contribution in [0, 0.1) is 13.8 Å². The fourth-order valence-corrected chi connectivity index (χ4v) is 3.89. The van der Waals surface area contributed by atoms with Crippen molar-refractivity contribution in [1.82, 2.24) is 30.2 Å². The van der Waals surface area contributed by atoms with Crippen molar-refractivity contribution in [3.05, 3.63) is 47.3 Å². The molecule has 1 aromatic heterocycles. The van der Waals surface area contributed by atoms with Gasteiger partial charge in [0.15, 0.2) is 5.96 Å². The first-order valence-corrected chi connectivity index (χ1v) is 11.1. The molecular weight excluding hydrogens is 501 g/mol. The Kier molecular flexibility index (Phi) is 10.8. The fourth-order valence-electron chi connectivity index (χ4n) is 3.89. The molecule has 0 bridgehead atoms. The van der Waals surface area contributed by atoms with Gasteiger partial charge in [0.1, 0.15) is 0 Å². The van der Waals surface area contributed by atoms with E-state index in [1.807, 2.05) is 11.6 Å². The molecule has 0 spiro atoms. The molecule has 172 valence electrons. The van der Waals surface area contributed by atoms with Crippen LogP contribution < -0.4 is 10.6 Å². The van der Waals surface area contributed by atoms with Gasteiger partial charge in [-0.3, -0.25) is 0 Å². The Balaban J connectivity index is 0.00000341. The number of nitrogens with one attached hydrogen (secondary N) is 2. The second-order valence-electron chi connectivity index (χ2n) is 8.09. The lowest BCUT2D eigenvalue weighted by atomic mass is 10.2. The molecule has 1 aliphatic heterocycles. The summed E-state index contributed by atoms with van der Waals surface area (Å²) in [5.74, 6) is 0.868. The summed E-state index contributed by atoms with van der Waals surface area (Å²) in [7, 11) is 2.21. The summed E-state index contributed by atoms with van der Waals surface area (Å²) in [4.78, 5) is 9.80. The number of hydrogen-bond donors (Lipinski definition) is 2. The molecular formula is C23H38IN7. The quantitative estimate of drug-likeness (QED) is 0.322. The Hall–Kier alpha value is -1.65. The Morgan fingerprint density at radius 2 is 1.90 bits per heavy atom. The van der Waals surface area contributed by atoms with Crippen LogP contribution in [0.3, 0.4) is 0 Å². The second kappa shape index (κ2) is 13.0. The minimum atomic E-state index is 0. The Bertz CT molecular complexity index is 833. The maximum atomic E-state index is 4.85. The van der Waals surface area contributed by atoms with Crippen molar-refractivity contribution < 1.29 is 0 Å². The van der Waals surface area contributed by atoms with Gasteiger partial charge in [0.2, 0.25) is 0 Å². The van der Waals surface area contributed by atoms with Crippen molar-refractivity contribution in [1.29, 1.82) is 0 Å². The van der Waals surface area contributed by atoms with E-state index in [9.17, 15) is 0 Å². The van der Waals surface area contributed by atoms with Gasteiger partial charge in [-0.1, -0.05) is 18.2 Å². The highest BCUT2D eigenvalue weighted by atomic mass is 127. The maximum absolute atomic E-state index is 4.85. The predicted octanol–water partition coefficient (Wildman–Crippen LogP) is 2.80. The molecule has 0 amide bonds. The third-order valence-corrected chi connectivity index (χ3v) is 5.51. The lowest BCUT2D eigenvalue weighted by molar-refractivity contribution is 0.280. The van der Waals surface area contributed by atoms with E-state index in [2.05, 4.69) is 76.8 Å². The van der Waals surface area contributed by atoms with Crippen LogP contribution in [0.5, 0.6) is 0 Å². The van der Waals surface area contributed by atoms with E-state index in [1.165, 1.54) is 19.5 Å². The standard InChI is InChI=1S/C23H37N7.HI/c1-5-24-23(25-11-14-29-13-8-12-28(4)15-16-29)26-18-21-9-6-7-10-22(21)30-20(3)17-19(2)27-30;/h6-7,9-10,17H,5,8,11-16,18H2,1-4H3,(H2,24,25,26);1H. The molecule has 31 heavy (non-hydrogen) atoms. The van der Waals surface area contributed by atoms with Gasteiger partial charge in [0, 0.05) is 38.4 Å². The molecule has 1 fully saturated rings. The zero-order valence-electron chi connectivity index (χ0n) is 19.4. The summed E-state index contributed by atoms with van der Waals surface area (Å²) in [6, 6.07) is 10.5. The van der Waals surface area contributed by atoms with E-state index in [-0.39, 0.29) is 24.0 Å². The number of para-hydroxylation sites is 1. The van der Waals surface area contributed by atoms with Gasteiger partial charge in [-0.25, -0.2) is 9.67 Å². The molecule has 0 radical (unpaired) electrons. The number of likely N-dealkylation sites (N-methyl/N-ethyl adjacent to an activating group) is 1. The van der Waals surface area contributed by atoms with E-state index < -0.39 is 0 Å². The van der Waals surface area contributed by atoms with Crippen LogP contribution in [0.2, 0.25) is 0 Å². The minimum absolute atomic E-state index is 0. The van der Waals surface area contributed by atoms with Gasteiger partial charge in [0.25, 0.3) is 0 Å². The van der Waals surface area contributed by atoms with E-state index in [4.69, 9.17) is 4.99 Å². The van der Waals surface area contributed by atoms with Crippen molar-refractivity contribution in [2.75, 3.05) is 52.9 Å². The van der Waals surface area contributed by atoms with Crippen LogP contribution >= 0.6 is 24.0 Å². The van der Waals surface area contributed by atoms with Crippen LogP contribution in [0.1, 0.15) is 30.3 Å². The number of hydrogen-bond acceptors (Lipinski definition) is 4. The molecule has 1 aromatic carbocycles. The molecule has 0 aliphatic carbocycles. The van der Waals surface area contributed by atoms with Crippen LogP contribution in [0.4, 0.5) is 0 Å². The SMILES string of the molecule is CCNC(=NCc1ccccc1-n1nc(C)cc1C)NCCN1CCCN(C)CC1.I. The van der Waals surface area contributed by atoms with E-state index in [0.29, 0.717) is 6.54 Å². The highest BCUT2D eigenvalue weighted by Crippen LogP contribution is 2.17. The van der Waals surface area contributed by atoms with Gasteiger partial charge in [-0.15, -0.1) is 24.0 Å². The first-order valence-electron chi connectivity index (χ1n) is 11.1. The molecule has 3 rings (SSSR count). The molecule has 2 N–H and O–H groups in total. The number of aromatic nitrogens is 2. The van der Waals surface area contributed by atoms with Gasteiger partial charge in [-0.2, -0.15) is 5.10 Å². The summed E-state index contributed by atoms with van der Waals surface area (Å²) < 4.78 is 2.01. The topological polar surface area (TPSA) is 60.7 Å². The van der Waals surface area contributed by atoms with Gasteiger partial charge in [-0.05, 0) is 65.0 Å². The van der Waals surface area contributed by atoms with Crippen molar-refractivity contribution in [3.63, 3.8) is 0 Å². The van der Waals surface area contributed by atoms with Crippen LogP contribution in [0.15, 0.2) is 35.3 Å². The third-order valence-electron chi connectivity index (χ3n) is 5.51. The molecule has 7 nitrogen and oxygen atoms in total. The molecule has 1 saturated heterocycles. The van der Waals surface area contributed by atoms with Gasteiger partial charge < -0.3 is 20.4 Å². The van der Waals surface area contributed by atoms with Crippen molar-refractivity contribution in [2.45, 2.75) is 33.7 Å². The van der Waals surface area contributed by atoms with Crippen molar-refractivity contribution >= 4 is 29.9 Å². The average molecular weight is 540 g/mol. The normalized spacial score (nSPS) is 15.9. The first-order chi connectivity index (χ1) is 14.6. The third kappa shape index (κ3) is 7.76. The number of halogens is 1. The molecule has 0 atom stereocenters. The highest BCUT2D eigenvalue weighted by molar-refractivity contribution is 14.0. The molecule has 8 heteroatoms. The van der Waals surface area contributed by atoms with E-state index >= 15 is 0 Å². The van der Waals surface area contributed by atoms with E-state index in [0.717, 1.165) is 61.3 Å². The molecule has 0 saturated carbocycles. The van der Waals surface area contributed by atoms with Crippen LogP contribution in [-0.4, -0.2) is 78.4 Å². The van der Waals surface area contributed by atoms with Crippen LogP contribution in [-0.2, 0) is 6.54 Å². The lowest BCUT2D eigenvalue weighted by Gasteiger charge is -2.21. The minimum Gasteiger partial charge on any atom is -0.357 e. The monoisotopic (exact) mass is 539 g/mol. The smallest absolute Gasteiger partial charge is 0.191 e. The Morgan fingerprint density at radius 1 is 1.10 bits per heavy atom. The molecule has 2 aromatic rings. The molecule has 2 heterocycles. The number of guanidine groups is 1. The zero-order chi connectivity index (χ0) is 21.3. The van der Waals surface area contributed by atoms with Crippen LogP contribution in [0.25, 0.3) is 5.69 Å². The number of aliphatic imine (C=N–C) groups is 1. The predicted molar refractivity (Wildman–Crippen MR) is 140 cm³/mol.